The van der Waals surface area contributed by atoms with Crippen LogP contribution in [0.25, 0.3) is 9.40 Å². The zero-order valence-electron chi connectivity index (χ0n) is 6.96. The molecule has 0 atom stereocenters. The number of rotatable bonds is 2. The maximum absolute atomic E-state index is 5.53. The highest BCUT2D eigenvalue weighted by atomic mass is 32.1. The normalized spacial score (nSPS) is 11.2. The van der Waals surface area contributed by atoms with E-state index in [0.29, 0.717) is 0 Å². The minimum atomic E-state index is 0.753. The lowest BCUT2D eigenvalue weighted by Crippen LogP contribution is -2.01. The molecule has 0 aromatic carbocycles. The predicted octanol–water partition coefficient (Wildman–Crippen LogP) is 2.77. The first-order valence-corrected chi connectivity index (χ1v) is 5.67. The Kier molecular flexibility index (Phi) is 2.17. The molecule has 2 aromatic rings. The Morgan fingerprint density at radius 1 is 1.50 bits per heavy atom. The lowest BCUT2D eigenvalue weighted by Gasteiger charge is -1.90. The molecule has 2 N–H and O–H groups in total. The molecule has 0 aliphatic rings. The first-order valence-electron chi connectivity index (χ1n) is 3.98. The number of nitrogens with two attached hydrogens (primary N) is 1. The summed E-state index contributed by atoms with van der Waals surface area (Å²) in [5, 5.41) is 2.23. The third kappa shape index (κ3) is 1.28. The van der Waals surface area contributed by atoms with E-state index in [1.807, 2.05) is 22.7 Å². The van der Waals surface area contributed by atoms with Crippen LogP contribution in [0.3, 0.4) is 0 Å². The number of aryl methyl sites for hydroxylation is 1. The van der Waals surface area contributed by atoms with Crippen LogP contribution < -0.4 is 5.73 Å². The first-order chi connectivity index (χ1) is 5.81. The summed E-state index contributed by atoms with van der Waals surface area (Å²) < 4.78 is 2.86. The fraction of sp³-hybridized carbons (Fsp3) is 0.333. The number of fused-ring (bicyclic) bond motifs is 1. The van der Waals surface area contributed by atoms with E-state index in [-0.39, 0.29) is 0 Å². The highest BCUT2D eigenvalue weighted by molar-refractivity contribution is 7.27. The molecule has 0 saturated heterocycles. The third-order valence-corrected chi connectivity index (χ3v) is 4.09. The number of thiophene rings is 2. The van der Waals surface area contributed by atoms with Gasteiger partial charge in [0, 0.05) is 14.3 Å². The largest absolute Gasteiger partial charge is 0.330 e. The fourth-order valence-electron chi connectivity index (χ4n) is 1.32. The van der Waals surface area contributed by atoms with Gasteiger partial charge in [-0.25, -0.2) is 0 Å². The first kappa shape index (κ1) is 8.23. The Balaban J connectivity index is 2.53. The topological polar surface area (TPSA) is 26.0 Å². The lowest BCUT2D eigenvalue weighted by molar-refractivity contribution is 0.983. The maximum atomic E-state index is 5.53. The monoisotopic (exact) mass is 197 g/mol. The van der Waals surface area contributed by atoms with Gasteiger partial charge in [-0.3, -0.25) is 0 Å². The van der Waals surface area contributed by atoms with Crippen molar-refractivity contribution in [3.8, 4) is 0 Å². The van der Waals surface area contributed by atoms with Gasteiger partial charge in [0.05, 0.1) is 0 Å². The van der Waals surface area contributed by atoms with Crippen molar-refractivity contribution < 1.29 is 0 Å². The summed E-state index contributed by atoms with van der Waals surface area (Å²) >= 11 is 3.71. The summed E-state index contributed by atoms with van der Waals surface area (Å²) in [6.07, 6.45) is 1.01. The second-order valence-electron chi connectivity index (χ2n) is 2.85. The molecule has 0 aliphatic carbocycles. The van der Waals surface area contributed by atoms with E-state index in [2.05, 4.69) is 18.4 Å². The minimum absolute atomic E-state index is 0.753. The molecule has 64 valence electrons. The molecule has 0 aliphatic heterocycles. The van der Waals surface area contributed by atoms with E-state index in [0.717, 1.165) is 13.0 Å². The van der Waals surface area contributed by atoms with Gasteiger partial charge in [0.25, 0.3) is 0 Å². The van der Waals surface area contributed by atoms with Crippen molar-refractivity contribution in [2.45, 2.75) is 13.3 Å². The van der Waals surface area contributed by atoms with Gasteiger partial charge in [-0.2, -0.15) is 0 Å². The van der Waals surface area contributed by atoms with Crippen LogP contribution in [0.4, 0.5) is 0 Å². The maximum Gasteiger partial charge on any atom is 0.0485 e. The zero-order chi connectivity index (χ0) is 8.55. The van der Waals surface area contributed by atoms with Gasteiger partial charge in [0.15, 0.2) is 0 Å². The second kappa shape index (κ2) is 3.17. The van der Waals surface area contributed by atoms with Crippen LogP contribution in [0.15, 0.2) is 11.4 Å². The van der Waals surface area contributed by atoms with Crippen molar-refractivity contribution in [1.82, 2.24) is 0 Å². The van der Waals surface area contributed by atoms with Gasteiger partial charge >= 0.3 is 0 Å². The van der Waals surface area contributed by atoms with E-state index in [1.165, 1.54) is 19.8 Å². The number of hydrogen-bond acceptors (Lipinski definition) is 3. The van der Waals surface area contributed by atoms with Crippen LogP contribution in [0, 0.1) is 6.92 Å². The van der Waals surface area contributed by atoms with Crippen molar-refractivity contribution in [3.63, 3.8) is 0 Å². The van der Waals surface area contributed by atoms with Crippen LogP contribution >= 0.6 is 22.7 Å². The SMILES string of the molecule is Cc1cc2scc(CCN)c2s1. The molecule has 12 heavy (non-hydrogen) atoms. The molecule has 2 aromatic heterocycles. The molecule has 1 nitrogen and oxygen atoms in total. The predicted molar refractivity (Wildman–Crippen MR) is 57.2 cm³/mol. The van der Waals surface area contributed by atoms with E-state index in [4.69, 9.17) is 5.73 Å². The van der Waals surface area contributed by atoms with Crippen molar-refractivity contribution in [3.05, 3.63) is 21.9 Å². The van der Waals surface area contributed by atoms with E-state index < -0.39 is 0 Å². The second-order valence-corrected chi connectivity index (χ2v) is 5.02. The Morgan fingerprint density at radius 2 is 2.33 bits per heavy atom. The van der Waals surface area contributed by atoms with E-state index in [9.17, 15) is 0 Å². The average molecular weight is 197 g/mol. The molecule has 3 heteroatoms. The Hall–Kier alpha value is -0.380. The highest BCUT2D eigenvalue weighted by Gasteiger charge is 2.05. The van der Waals surface area contributed by atoms with Crippen molar-refractivity contribution >= 4 is 32.1 Å². The summed E-state index contributed by atoms with van der Waals surface area (Å²) in [7, 11) is 0. The number of hydrogen-bond donors (Lipinski definition) is 1. The molecule has 2 rings (SSSR count). The van der Waals surface area contributed by atoms with Crippen LogP contribution in [-0.2, 0) is 6.42 Å². The molecular weight excluding hydrogens is 186 g/mol. The Labute approximate surface area is 79.8 Å². The van der Waals surface area contributed by atoms with Crippen LogP contribution in [0.1, 0.15) is 10.4 Å². The smallest absolute Gasteiger partial charge is 0.0485 e. The fourth-order valence-corrected chi connectivity index (χ4v) is 3.68. The molecule has 0 amide bonds. The lowest BCUT2D eigenvalue weighted by atomic mass is 10.2. The molecule has 0 fully saturated rings. The Bertz CT molecular complexity index is 386. The molecular formula is C9H11NS2. The van der Waals surface area contributed by atoms with Crippen molar-refractivity contribution in [2.24, 2.45) is 5.73 Å². The molecule has 0 saturated carbocycles. The van der Waals surface area contributed by atoms with E-state index in [1.54, 1.807) is 0 Å². The summed E-state index contributed by atoms with van der Waals surface area (Å²) in [5.41, 5.74) is 6.95. The Morgan fingerprint density at radius 3 is 3.08 bits per heavy atom. The van der Waals surface area contributed by atoms with Gasteiger partial charge < -0.3 is 5.73 Å². The molecule has 0 radical (unpaired) electrons. The highest BCUT2D eigenvalue weighted by Crippen LogP contribution is 2.33. The molecule has 2 heterocycles. The summed E-state index contributed by atoms with van der Waals surface area (Å²) in [5.74, 6) is 0. The van der Waals surface area contributed by atoms with Gasteiger partial charge in [-0.05, 0) is 36.9 Å². The van der Waals surface area contributed by atoms with Crippen LogP contribution in [0.2, 0.25) is 0 Å². The molecule has 0 spiro atoms. The van der Waals surface area contributed by atoms with E-state index >= 15 is 0 Å². The average Bonchev–Trinajstić information content (AvgIpc) is 2.52. The molecule has 0 unspecified atom stereocenters. The standard InChI is InChI=1S/C9H11NS2/c1-6-4-8-9(12-6)7(2-3-10)5-11-8/h4-5H,2-3,10H2,1H3. The third-order valence-electron chi connectivity index (χ3n) is 1.85. The molecule has 0 bridgehead atoms. The zero-order valence-corrected chi connectivity index (χ0v) is 8.60. The van der Waals surface area contributed by atoms with Gasteiger partial charge in [0.1, 0.15) is 0 Å². The van der Waals surface area contributed by atoms with Crippen LogP contribution in [0.5, 0.6) is 0 Å². The summed E-state index contributed by atoms with van der Waals surface area (Å²) in [4.78, 5) is 1.40. The van der Waals surface area contributed by atoms with Crippen LogP contribution in [-0.4, -0.2) is 6.54 Å². The summed E-state index contributed by atoms with van der Waals surface area (Å²) in [6.45, 7) is 2.91. The van der Waals surface area contributed by atoms with Gasteiger partial charge in [0.2, 0.25) is 0 Å². The van der Waals surface area contributed by atoms with Crippen molar-refractivity contribution in [1.29, 1.82) is 0 Å². The van der Waals surface area contributed by atoms with Crippen molar-refractivity contribution in [2.75, 3.05) is 6.54 Å². The summed E-state index contributed by atoms with van der Waals surface area (Å²) in [6, 6.07) is 2.25. The van der Waals surface area contributed by atoms with Gasteiger partial charge in [-0.15, -0.1) is 22.7 Å². The van der Waals surface area contributed by atoms with Gasteiger partial charge in [-0.1, -0.05) is 0 Å². The quantitative estimate of drug-likeness (QED) is 0.787. The minimum Gasteiger partial charge on any atom is -0.330 e.